The first-order valence-corrected chi connectivity index (χ1v) is 12.4. The highest BCUT2D eigenvalue weighted by atomic mass is 16.6. The smallest absolute Gasteiger partial charge is 0.328 e. The molecule has 6 nitrogen and oxygen atoms in total. The van der Waals surface area contributed by atoms with Crippen LogP contribution in [0, 0.1) is 0 Å². The number of aliphatic carboxylic acids is 1. The van der Waals surface area contributed by atoms with Gasteiger partial charge in [-0.1, -0.05) is 84.0 Å². The Morgan fingerprint density at radius 2 is 1.43 bits per heavy atom. The van der Waals surface area contributed by atoms with Crippen LogP contribution in [-0.4, -0.2) is 53.5 Å². The molecule has 3 unspecified atom stereocenters. The van der Waals surface area contributed by atoms with E-state index in [9.17, 15) is 14.7 Å². The van der Waals surface area contributed by atoms with Crippen molar-refractivity contribution in [3.63, 3.8) is 0 Å². The number of hydrogen-bond acceptors (Lipinski definition) is 4. The molecule has 1 N–H and O–H groups in total. The summed E-state index contributed by atoms with van der Waals surface area (Å²) < 4.78 is 11.3. The van der Waals surface area contributed by atoms with E-state index in [1.54, 1.807) is 0 Å². The van der Waals surface area contributed by atoms with E-state index >= 15 is 0 Å². The minimum absolute atomic E-state index is 0.0597. The van der Waals surface area contributed by atoms with Crippen LogP contribution in [0.5, 0.6) is 0 Å². The van der Waals surface area contributed by atoms with Gasteiger partial charge in [-0.25, -0.2) is 4.79 Å². The maximum Gasteiger partial charge on any atom is 0.328 e. The van der Waals surface area contributed by atoms with E-state index in [4.69, 9.17) is 9.47 Å². The van der Waals surface area contributed by atoms with E-state index in [0.717, 1.165) is 32.1 Å². The molecule has 0 spiro atoms. The standard InChI is InChI=1S/C24H43NO5/c1-2-3-4-5-6-7-8-9-10-11-12-13-14-17-22(26)25-20(24(27)28)19-30-23(25)21-16-15-18-29-21/h20-21,23H,2-19H2,1H3,(H,27,28). The molecule has 2 aliphatic rings. The Morgan fingerprint density at radius 1 is 0.867 bits per heavy atom. The Labute approximate surface area is 182 Å². The fraction of sp³-hybridized carbons (Fsp3) is 0.917. The number of carbonyl (C=O) groups is 2. The molecule has 2 heterocycles. The van der Waals surface area contributed by atoms with Gasteiger partial charge >= 0.3 is 5.97 Å². The third-order valence-corrected chi connectivity index (χ3v) is 6.38. The van der Waals surface area contributed by atoms with Crippen molar-refractivity contribution >= 4 is 11.9 Å². The van der Waals surface area contributed by atoms with Crippen molar-refractivity contribution in [2.45, 2.75) is 128 Å². The van der Waals surface area contributed by atoms with Crippen LogP contribution in [-0.2, 0) is 19.1 Å². The zero-order chi connectivity index (χ0) is 21.6. The number of carbonyl (C=O) groups excluding carboxylic acids is 1. The van der Waals surface area contributed by atoms with Crippen LogP contribution < -0.4 is 0 Å². The fourth-order valence-electron chi connectivity index (χ4n) is 4.57. The highest BCUT2D eigenvalue weighted by Crippen LogP contribution is 2.28. The number of carboxylic acids is 1. The summed E-state index contributed by atoms with van der Waals surface area (Å²) in [5.41, 5.74) is 0. The second kappa shape index (κ2) is 14.8. The van der Waals surface area contributed by atoms with Crippen LogP contribution in [0.2, 0.25) is 0 Å². The molecule has 30 heavy (non-hydrogen) atoms. The topological polar surface area (TPSA) is 76.1 Å². The number of rotatable bonds is 16. The molecule has 2 fully saturated rings. The zero-order valence-electron chi connectivity index (χ0n) is 19.0. The van der Waals surface area contributed by atoms with Crippen LogP contribution in [0.3, 0.4) is 0 Å². The SMILES string of the molecule is CCCCCCCCCCCCCCCC(=O)N1C(C(=O)O)COC1C1CCCO1. The van der Waals surface area contributed by atoms with Crippen molar-refractivity contribution in [3.05, 3.63) is 0 Å². The largest absolute Gasteiger partial charge is 0.480 e. The van der Waals surface area contributed by atoms with E-state index < -0.39 is 18.2 Å². The molecule has 2 rings (SSSR count). The lowest BCUT2D eigenvalue weighted by Gasteiger charge is -2.29. The third-order valence-electron chi connectivity index (χ3n) is 6.38. The van der Waals surface area contributed by atoms with E-state index in [0.29, 0.717) is 13.0 Å². The van der Waals surface area contributed by atoms with Gasteiger partial charge in [0.25, 0.3) is 0 Å². The summed E-state index contributed by atoms with van der Waals surface area (Å²) in [6.07, 6.45) is 17.8. The Kier molecular flexibility index (Phi) is 12.4. The summed E-state index contributed by atoms with van der Waals surface area (Å²) in [6, 6.07) is -0.881. The highest BCUT2D eigenvalue weighted by molar-refractivity contribution is 5.84. The quantitative estimate of drug-likeness (QED) is 0.340. The number of hydrogen-bond donors (Lipinski definition) is 1. The molecule has 0 aromatic heterocycles. The number of amides is 1. The second-order valence-corrected chi connectivity index (χ2v) is 8.92. The molecule has 6 heteroatoms. The summed E-state index contributed by atoms with van der Waals surface area (Å²) in [6.45, 7) is 2.97. The summed E-state index contributed by atoms with van der Waals surface area (Å²) in [4.78, 5) is 25.8. The fourth-order valence-corrected chi connectivity index (χ4v) is 4.57. The zero-order valence-corrected chi connectivity index (χ0v) is 19.0. The van der Waals surface area contributed by atoms with Crippen LogP contribution in [0.25, 0.3) is 0 Å². The van der Waals surface area contributed by atoms with E-state index in [1.807, 2.05) is 0 Å². The molecule has 0 bridgehead atoms. The summed E-state index contributed by atoms with van der Waals surface area (Å²) in [7, 11) is 0. The predicted molar refractivity (Wildman–Crippen MR) is 117 cm³/mol. The normalized spacial score (nSPS) is 23.9. The predicted octanol–water partition coefficient (Wildman–Crippen LogP) is 5.28. The summed E-state index contributed by atoms with van der Waals surface area (Å²) in [5.74, 6) is -1.10. The van der Waals surface area contributed by atoms with E-state index in [2.05, 4.69) is 6.92 Å². The summed E-state index contributed by atoms with van der Waals surface area (Å²) >= 11 is 0. The maximum atomic E-state index is 12.8. The van der Waals surface area contributed by atoms with Gasteiger partial charge in [0.05, 0.1) is 6.61 Å². The van der Waals surface area contributed by atoms with Crippen LogP contribution >= 0.6 is 0 Å². The highest BCUT2D eigenvalue weighted by Gasteiger charge is 2.46. The molecule has 0 radical (unpaired) electrons. The Bertz CT molecular complexity index is 492. The molecule has 0 aromatic rings. The average Bonchev–Trinajstić information content (AvgIpc) is 3.40. The molecule has 0 aliphatic carbocycles. The van der Waals surface area contributed by atoms with Gasteiger partial charge in [-0.05, 0) is 19.3 Å². The van der Waals surface area contributed by atoms with Gasteiger partial charge in [-0.15, -0.1) is 0 Å². The van der Waals surface area contributed by atoms with Gasteiger partial charge in [-0.3, -0.25) is 9.69 Å². The minimum Gasteiger partial charge on any atom is -0.480 e. The molecular weight excluding hydrogens is 382 g/mol. The molecular formula is C24H43NO5. The van der Waals surface area contributed by atoms with Crippen LogP contribution in [0.1, 0.15) is 110 Å². The van der Waals surface area contributed by atoms with Crippen molar-refractivity contribution in [2.24, 2.45) is 0 Å². The van der Waals surface area contributed by atoms with Crippen molar-refractivity contribution in [3.8, 4) is 0 Å². The number of unbranched alkanes of at least 4 members (excludes halogenated alkanes) is 12. The lowest BCUT2D eigenvalue weighted by atomic mass is 10.0. The molecule has 1 amide bonds. The van der Waals surface area contributed by atoms with Gasteiger partial charge in [0, 0.05) is 13.0 Å². The first-order chi connectivity index (χ1) is 14.6. The average molecular weight is 426 g/mol. The molecule has 174 valence electrons. The third kappa shape index (κ3) is 8.54. The number of carboxylic acid groups (broad SMARTS) is 1. The molecule has 3 atom stereocenters. The van der Waals surface area contributed by atoms with E-state index in [1.165, 1.54) is 69.1 Å². The van der Waals surface area contributed by atoms with Gasteiger partial charge < -0.3 is 14.6 Å². The van der Waals surface area contributed by atoms with Crippen molar-refractivity contribution in [1.29, 1.82) is 0 Å². The molecule has 0 aromatic carbocycles. The monoisotopic (exact) mass is 425 g/mol. The van der Waals surface area contributed by atoms with Crippen molar-refractivity contribution in [1.82, 2.24) is 4.90 Å². The summed E-state index contributed by atoms with van der Waals surface area (Å²) in [5, 5.41) is 9.46. The van der Waals surface area contributed by atoms with Crippen LogP contribution in [0.15, 0.2) is 0 Å². The first-order valence-electron chi connectivity index (χ1n) is 12.4. The maximum absolute atomic E-state index is 12.8. The van der Waals surface area contributed by atoms with Gasteiger partial charge in [0.1, 0.15) is 6.10 Å². The second-order valence-electron chi connectivity index (χ2n) is 8.92. The van der Waals surface area contributed by atoms with Crippen LogP contribution in [0.4, 0.5) is 0 Å². The van der Waals surface area contributed by atoms with Gasteiger partial charge in [0.15, 0.2) is 12.3 Å². The van der Waals surface area contributed by atoms with E-state index in [-0.39, 0.29) is 18.6 Å². The number of nitrogens with zero attached hydrogens (tertiary/aromatic N) is 1. The lowest BCUT2D eigenvalue weighted by Crippen LogP contribution is -2.49. The van der Waals surface area contributed by atoms with Gasteiger partial charge in [-0.2, -0.15) is 0 Å². The Morgan fingerprint density at radius 3 is 1.93 bits per heavy atom. The molecule has 0 saturated carbocycles. The number of ether oxygens (including phenoxy) is 2. The van der Waals surface area contributed by atoms with Crippen molar-refractivity contribution < 1.29 is 24.2 Å². The molecule has 2 saturated heterocycles. The Balaban J connectivity index is 1.54. The lowest BCUT2D eigenvalue weighted by molar-refractivity contribution is -0.154. The van der Waals surface area contributed by atoms with Gasteiger partial charge in [0.2, 0.25) is 5.91 Å². The Hall–Kier alpha value is -1.14. The van der Waals surface area contributed by atoms with Crippen molar-refractivity contribution in [2.75, 3.05) is 13.2 Å². The minimum atomic E-state index is -0.991. The first kappa shape index (κ1) is 25.1. The molecule has 2 aliphatic heterocycles.